The van der Waals surface area contributed by atoms with E-state index in [0.29, 0.717) is 18.2 Å². The smallest absolute Gasteiger partial charge is 0.229 e. The maximum Gasteiger partial charge on any atom is 0.229 e. The molecule has 1 aliphatic heterocycles. The van der Waals surface area contributed by atoms with Crippen LogP contribution in [0, 0.1) is 11.8 Å². The summed E-state index contributed by atoms with van der Waals surface area (Å²) < 4.78 is 0. The lowest BCUT2D eigenvalue weighted by Gasteiger charge is -2.32. The Hall–Kier alpha value is -1.43. The number of rotatable bonds is 3. The molecule has 0 radical (unpaired) electrons. The molecule has 2 rings (SSSR count). The van der Waals surface area contributed by atoms with Crippen LogP contribution in [0.5, 0.6) is 0 Å². The molecular weight excluding hydrogens is 262 g/mol. The second kappa shape index (κ2) is 6.14. The van der Waals surface area contributed by atoms with Crippen LogP contribution in [0.1, 0.15) is 26.7 Å². The summed E-state index contributed by atoms with van der Waals surface area (Å²) in [6.45, 7) is 5.16. The van der Waals surface area contributed by atoms with Crippen molar-refractivity contribution in [3.63, 3.8) is 0 Å². The SMILES string of the molecule is CC(C)C(=O)N1CCC(C(=O)Nc2nccs2)CC1. The first-order valence-corrected chi connectivity index (χ1v) is 7.45. The van der Waals surface area contributed by atoms with Crippen LogP contribution < -0.4 is 5.32 Å². The van der Waals surface area contributed by atoms with Crippen LogP contribution in [0.4, 0.5) is 5.13 Å². The summed E-state index contributed by atoms with van der Waals surface area (Å²) in [5.74, 6) is 0.214. The number of hydrogen-bond donors (Lipinski definition) is 1. The number of carbonyl (C=O) groups excluding carboxylic acids is 2. The standard InChI is InChI=1S/C13H19N3O2S/c1-9(2)12(18)16-6-3-10(4-7-16)11(17)15-13-14-5-8-19-13/h5,8-10H,3-4,6-7H2,1-2H3,(H,14,15,17). The Morgan fingerprint density at radius 3 is 2.63 bits per heavy atom. The molecule has 19 heavy (non-hydrogen) atoms. The zero-order valence-corrected chi connectivity index (χ0v) is 12.1. The Bertz CT molecular complexity index is 437. The number of carbonyl (C=O) groups is 2. The van der Waals surface area contributed by atoms with Crippen LogP contribution in [-0.4, -0.2) is 34.8 Å². The van der Waals surface area contributed by atoms with E-state index in [4.69, 9.17) is 0 Å². The third-order valence-electron chi connectivity index (χ3n) is 3.33. The highest BCUT2D eigenvalue weighted by atomic mass is 32.1. The molecule has 1 aliphatic rings. The summed E-state index contributed by atoms with van der Waals surface area (Å²) in [5, 5.41) is 5.30. The van der Waals surface area contributed by atoms with Crippen molar-refractivity contribution in [2.24, 2.45) is 11.8 Å². The van der Waals surface area contributed by atoms with Gasteiger partial charge in [-0.2, -0.15) is 0 Å². The van der Waals surface area contributed by atoms with E-state index in [2.05, 4.69) is 10.3 Å². The van der Waals surface area contributed by atoms with Gasteiger partial charge in [0.25, 0.3) is 0 Å². The minimum Gasteiger partial charge on any atom is -0.342 e. The van der Waals surface area contributed by atoms with Crippen LogP contribution in [-0.2, 0) is 9.59 Å². The number of aromatic nitrogens is 1. The third kappa shape index (κ3) is 3.53. The molecule has 1 N–H and O–H groups in total. The predicted octanol–water partition coefficient (Wildman–Crippen LogP) is 1.98. The van der Waals surface area contributed by atoms with Gasteiger partial charge in [0.1, 0.15) is 0 Å². The van der Waals surface area contributed by atoms with Gasteiger partial charge in [0.15, 0.2) is 5.13 Å². The van der Waals surface area contributed by atoms with Crippen LogP contribution in [0.2, 0.25) is 0 Å². The predicted molar refractivity (Wildman–Crippen MR) is 74.9 cm³/mol. The maximum absolute atomic E-state index is 12.0. The van der Waals surface area contributed by atoms with Crippen molar-refractivity contribution < 1.29 is 9.59 Å². The highest BCUT2D eigenvalue weighted by molar-refractivity contribution is 7.13. The average molecular weight is 281 g/mol. The summed E-state index contributed by atoms with van der Waals surface area (Å²) in [7, 11) is 0. The minimum absolute atomic E-state index is 0.0138. The molecule has 0 atom stereocenters. The van der Waals surface area contributed by atoms with E-state index in [9.17, 15) is 9.59 Å². The molecule has 0 aliphatic carbocycles. The molecular formula is C13H19N3O2S. The Morgan fingerprint density at radius 1 is 1.42 bits per heavy atom. The van der Waals surface area contributed by atoms with Gasteiger partial charge >= 0.3 is 0 Å². The van der Waals surface area contributed by atoms with Crippen LogP contribution in [0.15, 0.2) is 11.6 Å². The number of amides is 2. The first-order valence-electron chi connectivity index (χ1n) is 6.57. The van der Waals surface area contributed by atoms with Crippen molar-refractivity contribution in [1.29, 1.82) is 0 Å². The third-order valence-corrected chi connectivity index (χ3v) is 4.02. The maximum atomic E-state index is 12.0. The van der Waals surface area contributed by atoms with E-state index in [0.717, 1.165) is 12.8 Å². The lowest BCUT2D eigenvalue weighted by atomic mass is 9.95. The lowest BCUT2D eigenvalue weighted by molar-refractivity contribution is -0.137. The first-order chi connectivity index (χ1) is 9.08. The number of nitrogens with one attached hydrogen (secondary N) is 1. The zero-order valence-electron chi connectivity index (χ0n) is 11.3. The Morgan fingerprint density at radius 2 is 2.11 bits per heavy atom. The second-order valence-corrected chi connectivity index (χ2v) is 5.98. The van der Waals surface area contributed by atoms with Gasteiger partial charge in [-0.3, -0.25) is 9.59 Å². The fourth-order valence-electron chi connectivity index (χ4n) is 2.22. The number of piperidine rings is 1. The fraction of sp³-hybridized carbons (Fsp3) is 0.615. The highest BCUT2D eigenvalue weighted by Gasteiger charge is 2.28. The Kier molecular flexibility index (Phi) is 4.52. The molecule has 1 aromatic heterocycles. The monoisotopic (exact) mass is 281 g/mol. The number of likely N-dealkylation sites (tertiary alicyclic amines) is 1. The number of anilines is 1. The summed E-state index contributed by atoms with van der Waals surface area (Å²) in [5.41, 5.74) is 0. The van der Waals surface area contributed by atoms with Gasteiger partial charge in [-0.25, -0.2) is 4.98 Å². The molecule has 2 amide bonds. The molecule has 1 fully saturated rings. The topological polar surface area (TPSA) is 62.3 Å². The molecule has 0 aromatic carbocycles. The van der Waals surface area contributed by atoms with Crippen LogP contribution >= 0.6 is 11.3 Å². The zero-order chi connectivity index (χ0) is 13.8. The molecule has 104 valence electrons. The molecule has 0 spiro atoms. The first kappa shape index (κ1) is 14.0. The lowest BCUT2D eigenvalue weighted by Crippen LogP contribution is -2.43. The van der Waals surface area contributed by atoms with Crippen LogP contribution in [0.25, 0.3) is 0 Å². The van der Waals surface area contributed by atoms with Gasteiger partial charge in [-0.15, -0.1) is 11.3 Å². The number of hydrogen-bond acceptors (Lipinski definition) is 4. The molecule has 0 saturated carbocycles. The Balaban J connectivity index is 1.83. The summed E-state index contributed by atoms with van der Waals surface area (Å²) >= 11 is 1.42. The largest absolute Gasteiger partial charge is 0.342 e. The summed E-state index contributed by atoms with van der Waals surface area (Å²) in [6.07, 6.45) is 3.13. The molecule has 2 heterocycles. The summed E-state index contributed by atoms with van der Waals surface area (Å²) in [4.78, 5) is 29.8. The average Bonchev–Trinajstić information content (AvgIpc) is 2.90. The normalized spacial score (nSPS) is 16.7. The van der Waals surface area contributed by atoms with Crippen molar-refractivity contribution in [1.82, 2.24) is 9.88 Å². The molecule has 1 saturated heterocycles. The van der Waals surface area contributed by atoms with Gasteiger partial charge in [0, 0.05) is 36.5 Å². The van der Waals surface area contributed by atoms with Gasteiger partial charge in [-0.05, 0) is 12.8 Å². The van der Waals surface area contributed by atoms with Crippen molar-refractivity contribution in [3.05, 3.63) is 11.6 Å². The second-order valence-electron chi connectivity index (χ2n) is 5.08. The van der Waals surface area contributed by atoms with E-state index in [1.807, 2.05) is 24.1 Å². The summed E-state index contributed by atoms with van der Waals surface area (Å²) in [6, 6.07) is 0. The van der Waals surface area contributed by atoms with E-state index in [-0.39, 0.29) is 23.7 Å². The number of nitrogens with zero attached hydrogens (tertiary/aromatic N) is 2. The van der Waals surface area contributed by atoms with Crippen LogP contribution in [0.3, 0.4) is 0 Å². The van der Waals surface area contributed by atoms with E-state index in [1.54, 1.807) is 6.20 Å². The Labute approximate surface area is 117 Å². The van der Waals surface area contributed by atoms with E-state index >= 15 is 0 Å². The van der Waals surface area contributed by atoms with E-state index < -0.39 is 0 Å². The number of thiazole rings is 1. The van der Waals surface area contributed by atoms with Crippen molar-refractivity contribution >= 4 is 28.3 Å². The molecule has 5 nitrogen and oxygen atoms in total. The van der Waals surface area contributed by atoms with Gasteiger partial charge in [-0.1, -0.05) is 13.8 Å². The van der Waals surface area contributed by atoms with Crippen molar-refractivity contribution in [3.8, 4) is 0 Å². The molecule has 1 aromatic rings. The van der Waals surface area contributed by atoms with Crippen molar-refractivity contribution in [2.45, 2.75) is 26.7 Å². The quantitative estimate of drug-likeness (QED) is 0.921. The highest BCUT2D eigenvalue weighted by Crippen LogP contribution is 2.21. The minimum atomic E-state index is -0.0138. The molecule has 6 heteroatoms. The fourth-order valence-corrected chi connectivity index (χ4v) is 2.75. The van der Waals surface area contributed by atoms with Gasteiger partial charge in [0.2, 0.25) is 11.8 Å². The molecule has 0 bridgehead atoms. The van der Waals surface area contributed by atoms with E-state index in [1.165, 1.54) is 11.3 Å². The van der Waals surface area contributed by atoms with Gasteiger partial charge < -0.3 is 10.2 Å². The van der Waals surface area contributed by atoms with Gasteiger partial charge in [0.05, 0.1) is 0 Å². The van der Waals surface area contributed by atoms with Crippen molar-refractivity contribution in [2.75, 3.05) is 18.4 Å². The molecule has 0 unspecified atom stereocenters.